The number of benzene rings is 3. The zero-order valence-electron chi connectivity index (χ0n) is 16.4. The lowest BCUT2D eigenvalue weighted by atomic mass is 9.97. The van der Waals surface area contributed by atoms with Crippen molar-refractivity contribution < 1.29 is 18.7 Å². The lowest BCUT2D eigenvalue weighted by molar-refractivity contribution is 0.373. The van der Waals surface area contributed by atoms with E-state index in [1.165, 1.54) is 19.2 Å². The highest BCUT2D eigenvalue weighted by atomic mass is 19.1. The second-order valence-electron chi connectivity index (χ2n) is 6.74. The number of hydrogen-bond donors (Lipinski definition) is 1. The minimum absolute atomic E-state index is 0.0496. The first-order valence-electron chi connectivity index (χ1n) is 9.33. The van der Waals surface area contributed by atoms with Gasteiger partial charge in [0.05, 0.1) is 24.1 Å². The van der Waals surface area contributed by atoms with Crippen LogP contribution < -0.4 is 10.4 Å². The number of rotatable bonds is 4. The Morgan fingerprint density at radius 3 is 2.55 bits per heavy atom. The fraction of sp³-hybridized carbons (Fsp3) is 0.0400. The van der Waals surface area contributed by atoms with E-state index in [9.17, 15) is 14.3 Å². The summed E-state index contributed by atoms with van der Waals surface area (Å²) in [4.78, 5) is 12.5. The second kappa shape index (κ2) is 8.17. The van der Waals surface area contributed by atoms with Crippen molar-refractivity contribution in [1.82, 2.24) is 0 Å². The predicted molar refractivity (Wildman–Crippen MR) is 116 cm³/mol. The van der Waals surface area contributed by atoms with Gasteiger partial charge in [0.15, 0.2) is 11.5 Å². The van der Waals surface area contributed by atoms with Gasteiger partial charge in [-0.25, -0.2) is 9.18 Å². The van der Waals surface area contributed by atoms with Crippen LogP contribution in [0.2, 0.25) is 0 Å². The molecule has 0 saturated heterocycles. The molecule has 4 aromatic rings. The number of methoxy groups -OCH3 is 1. The standard InChI is InChI=1S/C25H16FNO4/c1-30-22-4-2-3-17(24(22)28)9-12-21-23(16-7-5-15(14-27)6-8-16)19-11-10-18(26)13-20(19)25(29)31-21/h2-13,28H,1H3. The van der Waals surface area contributed by atoms with E-state index in [2.05, 4.69) is 6.07 Å². The highest BCUT2D eigenvalue weighted by molar-refractivity contribution is 5.99. The average Bonchev–Trinajstić information content (AvgIpc) is 2.79. The van der Waals surface area contributed by atoms with Gasteiger partial charge in [0.25, 0.3) is 0 Å². The number of nitriles is 1. The summed E-state index contributed by atoms with van der Waals surface area (Å²) in [6.07, 6.45) is 3.16. The number of phenols is 1. The van der Waals surface area contributed by atoms with Crippen molar-refractivity contribution in [3.05, 3.63) is 93.8 Å². The highest BCUT2D eigenvalue weighted by Gasteiger charge is 2.15. The van der Waals surface area contributed by atoms with Crippen LogP contribution in [0.1, 0.15) is 16.9 Å². The van der Waals surface area contributed by atoms with E-state index in [4.69, 9.17) is 14.4 Å². The van der Waals surface area contributed by atoms with E-state index in [-0.39, 0.29) is 16.9 Å². The van der Waals surface area contributed by atoms with Crippen molar-refractivity contribution >= 4 is 22.9 Å². The summed E-state index contributed by atoms with van der Waals surface area (Å²) in [5.41, 5.74) is 1.52. The zero-order chi connectivity index (χ0) is 22.0. The molecule has 0 radical (unpaired) electrons. The van der Waals surface area contributed by atoms with Crippen LogP contribution in [0, 0.1) is 17.1 Å². The lowest BCUT2D eigenvalue weighted by Crippen LogP contribution is -2.03. The molecule has 4 rings (SSSR count). The Balaban J connectivity index is 1.95. The first-order valence-corrected chi connectivity index (χ1v) is 9.33. The Labute approximate surface area is 176 Å². The van der Waals surface area contributed by atoms with Gasteiger partial charge >= 0.3 is 5.63 Å². The Morgan fingerprint density at radius 1 is 1.06 bits per heavy atom. The largest absolute Gasteiger partial charge is 0.504 e. The van der Waals surface area contributed by atoms with Crippen LogP contribution in [0.15, 0.2) is 69.9 Å². The molecule has 0 bridgehead atoms. The molecule has 152 valence electrons. The summed E-state index contributed by atoms with van der Waals surface area (Å²) in [6.45, 7) is 0. The minimum Gasteiger partial charge on any atom is -0.504 e. The number of phenolic OH excluding ortho intramolecular Hbond substituents is 1. The molecule has 0 saturated carbocycles. The molecule has 6 heteroatoms. The van der Waals surface area contributed by atoms with E-state index < -0.39 is 11.4 Å². The molecule has 31 heavy (non-hydrogen) atoms. The molecule has 1 N–H and O–H groups in total. The fourth-order valence-corrected chi connectivity index (χ4v) is 3.37. The third-order valence-corrected chi connectivity index (χ3v) is 4.89. The molecule has 1 aromatic heterocycles. The van der Waals surface area contributed by atoms with Crippen LogP contribution in [0.3, 0.4) is 0 Å². The number of halogens is 1. The van der Waals surface area contributed by atoms with Gasteiger partial charge in [0.2, 0.25) is 0 Å². The molecule has 0 atom stereocenters. The molecule has 0 aliphatic carbocycles. The summed E-state index contributed by atoms with van der Waals surface area (Å²) >= 11 is 0. The number of para-hydroxylation sites is 1. The van der Waals surface area contributed by atoms with Crippen molar-refractivity contribution in [1.29, 1.82) is 5.26 Å². The summed E-state index contributed by atoms with van der Waals surface area (Å²) in [6, 6.07) is 17.8. The first kappa shape index (κ1) is 19.9. The van der Waals surface area contributed by atoms with Crippen molar-refractivity contribution in [3.8, 4) is 28.7 Å². The number of fused-ring (bicyclic) bond motifs is 1. The lowest BCUT2D eigenvalue weighted by Gasteiger charge is -2.10. The average molecular weight is 413 g/mol. The van der Waals surface area contributed by atoms with E-state index >= 15 is 0 Å². The highest BCUT2D eigenvalue weighted by Crippen LogP contribution is 2.34. The number of hydrogen-bond acceptors (Lipinski definition) is 5. The van der Waals surface area contributed by atoms with E-state index in [1.807, 2.05) is 0 Å². The van der Waals surface area contributed by atoms with Crippen molar-refractivity contribution in [2.45, 2.75) is 0 Å². The third-order valence-electron chi connectivity index (χ3n) is 4.89. The summed E-state index contributed by atoms with van der Waals surface area (Å²) in [7, 11) is 1.45. The molecule has 1 heterocycles. The normalized spacial score (nSPS) is 11.0. The number of aromatic hydroxyl groups is 1. The molecule has 0 spiro atoms. The molecular formula is C25H16FNO4. The van der Waals surface area contributed by atoms with Crippen molar-refractivity contribution in [3.63, 3.8) is 0 Å². The van der Waals surface area contributed by atoms with Gasteiger partial charge in [-0.15, -0.1) is 0 Å². The topological polar surface area (TPSA) is 83.5 Å². The molecular weight excluding hydrogens is 397 g/mol. The fourth-order valence-electron chi connectivity index (χ4n) is 3.37. The van der Waals surface area contributed by atoms with Crippen molar-refractivity contribution in [2.24, 2.45) is 0 Å². The van der Waals surface area contributed by atoms with Gasteiger partial charge in [0, 0.05) is 16.5 Å². The van der Waals surface area contributed by atoms with E-state index in [1.54, 1.807) is 54.6 Å². The SMILES string of the molecule is COc1cccc(C=Cc2oc(=O)c3cc(F)ccc3c2-c2ccc(C#N)cc2)c1O. The van der Waals surface area contributed by atoms with E-state index in [0.717, 1.165) is 6.07 Å². The van der Waals surface area contributed by atoms with Crippen LogP contribution in [-0.2, 0) is 0 Å². The van der Waals surface area contributed by atoms with Gasteiger partial charge < -0.3 is 14.3 Å². The first-order chi connectivity index (χ1) is 15.0. The smallest absolute Gasteiger partial charge is 0.344 e. The number of ether oxygens (including phenoxy) is 1. The third kappa shape index (κ3) is 3.77. The summed E-state index contributed by atoms with van der Waals surface area (Å²) in [5, 5.41) is 20.0. The zero-order valence-corrected chi connectivity index (χ0v) is 16.4. The van der Waals surface area contributed by atoms with Crippen LogP contribution >= 0.6 is 0 Å². The van der Waals surface area contributed by atoms with Gasteiger partial charge in [-0.2, -0.15) is 5.26 Å². The molecule has 0 fully saturated rings. The van der Waals surface area contributed by atoms with Gasteiger partial charge in [-0.3, -0.25) is 0 Å². The monoisotopic (exact) mass is 413 g/mol. The maximum absolute atomic E-state index is 13.8. The van der Waals surface area contributed by atoms with E-state index in [0.29, 0.717) is 33.4 Å². The maximum Gasteiger partial charge on any atom is 0.344 e. The second-order valence-corrected chi connectivity index (χ2v) is 6.74. The van der Waals surface area contributed by atoms with Gasteiger partial charge in [-0.05, 0) is 48.0 Å². The van der Waals surface area contributed by atoms with Crippen molar-refractivity contribution in [2.75, 3.05) is 7.11 Å². The number of nitrogens with zero attached hydrogens (tertiary/aromatic N) is 1. The molecule has 5 nitrogen and oxygen atoms in total. The molecule has 3 aromatic carbocycles. The molecule has 0 unspecified atom stereocenters. The van der Waals surface area contributed by atoms with Crippen LogP contribution in [0.5, 0.6) is 11.5 Å². The Kier molecular flexibility index (Phi) is 5.25. The van der Waals surface area contributed by atoms with Gasteiger partial charge in [-0.1, -0.05) is 30.3 Å². The Bertz CT molecular complexity index is 1410. The van der Waals surface area contributed by atoms with Gasteiger partial charge in [0.1, 0.15) is 11.6 Å². The maximum atomic E-state index is 13.8. The van der Waals surface area contributed by atoms with Crippen LogP contribution in [-0.4, -0.2) is 12.2 Å². The van der Waals surface area contributed by atoms with Crippen LogP contribution in [0.25, 0.3) is 34.1 Å². The Hall–Kier alpha value is -4.37. The quantitative estimate of drug-likeness (QED) is 0.487. The molecule has 0 aliphatic heterocycles. The molecule has 0 amide bonds. The Morgan fingerprint density at radius 2 is 1.84 bits per heavy atom. The summed E-state index contributed by atoms with van der Waals surface area (Å²) in [5.74, 6) is -0.0532. The minimum atomic E-state index is -0.679. The van der Waals surface area contributed by atoms with Crippen LogP contribution in [0.4, 0.5) is 4.39 Å². The predicted octanol–water partition coefficient (Wildman–Crippen LogP) is 5.36. The summed E-state index contributed by atoms with van der Waals surface area (Å²) < 4.78 is 24.4. The molecule has 0 aliphatic rings.